The van der Waals surface area contributed by atoms with E-state index in [0.717, 1.165) is 21.0 Å². The summed E-state index contributed by atoms with van der Waals surface area (Å²) in [5.74, 6) is -1.38. The second-order valence-electron chi connectivity index (χ2n) is 11.6. The maximum absolute atomic E-state index is 14.5. The Labute approximate surface area is 265 Å². The molecule has 0 saturated heterocycles. The Morgan fingerprint density at radius 3 is 2.02 bits per heavy atom. The number of halogens is 1. The SMILES string of the molecule is Cc1ccc(S(=O)(=O)N(CC(=O)N(Cc2ccc(F)cc2)C(Cc2ccccc2)C(=O)NC(C)C)c2ccc(C)cc2C)cc1. The van der Waals surface area contributed by atoms with Crippen LogP contribution in [-0.4, -0.2) is 43.8 Å². The molecule has 9 heteroatoms. The van der Waals surface area contributed by atoms with Crippen molar-refractivity contribution in [2.45, 2.75) is 64.6 Å². The molecule has 0 aliphatic carbocycles. The molecule has 1 unspecified atom stereocenters. The Bertz CT molecular complexity index is 1720. The van der Waals surface area contributed by atoms with E-state index in [4.69, 9.17) is 0 Å². The molecule has 1 N–H and O–H groups in total. The van der Waals surface area contributed by atoms with Gasteiger partial charge in [0, 0.05) is 19.0 Å². The van der Waals surface area contributed by atoms with E-state index >= 15 is 0 Å². The summed E-state index contributed by atoms with van der Waals surface area (Å²) in [5.41, 5.74) is 4.32. The molecule has 0 fully saturated rings. The Balaban J connectivity index is 1.82. The number of aryl methyl sites for hydroxylation is 3. The van der Waals surface area contributed by atoms with Crippen LogP contribution in [0.3, 0.4) is 0 Å². The predicted octanol–water partition coefficient (Wildman–Crippen LogP) is 6.11. The molecule has 1 atom stereocenters. The maximum atomic E-state index is 14.5. The first kappa shape index (κ1) is 33.4. The van der Waals surface area contributed by atoms with Crippen LogP contribution in [0.15, 0.2) is 102 Å². The highest BCUT2D eigenvalue weighted by Crippen LogP contribution is 2.29. The molecule has 0 radical (unpaired) electrons. The lowest BCUT2D eigenvalue weighted by atomic mass is 10.0. The standard InChI is InChI=1S/C36H40FN3O4S/c1-25(2)38-36(42)34(22-29-9-7-6-8-10-29)39(23-30-14-16-31(37)17-15-30)35(41)24-40(33-20-13-27(4)21-28(33)5)45(43,44)32-18-11-26(3)12-19-32/h6-21,25,34H,22-24H2,1-5H3,(H,38,42). The third kappa shape index (κ3) is 8.57. The van der Waals surface area contributed by atoms with Crippen molar-refractivity contribution in [3.8, 4) is 0 Å². The number of amides is 2. The van der Waals surface area contributed by atoms with Gasteiger partial charge in [0.2, 0.25) is 11.8 Å². The van der Waals surface area contributed by atoms with Gasteiger partial charge in [-0.15, -0.1) is 0 Å². The number of rotatable bonds is 12. The number of nitrogens with one attached hydrogen (secondary N) is 1. The van der Waals surface area contributed by atoms with E-state index in [-0.39, 0.29) is 29.8 Å². The number of nitrogens with zero attached hydrogens (tertiary/aromatic N) is 2. The summed E-state index contributed by atoms with van der Waals surface area (Å²) in [6.07, 6.45) is 0.195. The molecule has 0 aliphatic heterocycles. The zero-order chi connectivity index (χ0) is 32.7. The number of hydrogen-bond donors (Lipinski definition) is 1. The van der Waals surface area contributed by atoms with Crippen LogP contribution < -0.4 is 9.62 Å². The predicted molar refractivity (Wildman–Crippen MR) is 176 cm³/mol. The van der Waals surface area contributed by atoms with E-state index < -0.39 is 34.3 Å². The molecule has 0 spiro atoms. The summed E-state index contributed by atoms with van der Waals surface area (Å²) in [7, 11) is -4.20. The number of hydrogen-bond acceptors (Lipinski definition) is 4. The maximum Gasteiger partial charge on any atom is 0.264 e. The second kappa shape index (κ2) is 14.5. The molecule has 0 aromatic heterocycles. The molecule has 4 aromatic rings. The minimum absolute atomic E-state index is 0.0343. The third-order valence-electron chi connectivity index (χ3n) is 7.48. The van der Waals surface area contributed by atoms with E-state index in [2.05, 4.69) is 5.32 Å². The zero-order valence-corrected chi connectivity index (χ0v) is 27.1. The highest BCUT2D eigenvalue weighted by Gasteiger charge is 2.35. The van der Waals surface area contributed by atoms with Gasteiger partial charge in [-0.2, -0.15) is 0 Å². The van der Waals surface area contributed by atoms with Crippen molar-refractivity contribution in [2.24, 2.45) is 0 Å². The van der Waals surface area contributed by atoms with Crippen LogP contribution >= 0.6 is 0 Å². The lowest BCUT2D eigenvalue weighted by molar-refractivity contribution is -0.140. The van der Waals surface area contributed by atoms with E-state index in [1.165, 1.54) is 29.2 Å². The van der Waals surface area contributed by atoms with E-state index in [9.17, 15) is 22.4 Å². The molecule has 4 aromatic carbocycles. The molecule has 45 heavy (non-hydrogen) atoms. The van der Waals surface area contributed by atoms with Crippen molar-refractivity contribution in [1.82, 2.24) is 10.2 Å². The first-order valence-electron chi connectivity index (χ1n) is 14.9. The fraction of sp³-hybridized carbons (Fsp3) is 0.278. The first-order valence-corrected chi connectivity index (χ1v) is 16.3. The number of carbonyl (C=O) groups excluding carboxylic acids is 2. The van der Waals surface area contributed by atoms with E-state index in [0.29, 0.717) is 16.8 Å². The van der Waals surface area contributed by atoms with Crippen molar-refractivity contribution in [3.05, 3.63) is 131 Å². The fourth-order valence-corrected chi connectivity index (χ4v) is 6.64. The van der Waals surface area contributed by atoms with Crippen molar-refractivity contribution < 1.29 is 22.4 Å². The van der Waals surface area contributed by atoms with Crippen LogP contribution in [0.2, 0.25) is 0 Å². The van der Waals surface area contributed by atoms with Crippen LogP contribution in [0.5, 0.6) is 0 Å². The van der Waals surface area contributed by atoms with Crippen LogP contribution in [0, 0.1) is 26.6 Å². The molecule has 0 bridgehead atoms. The smallest absolute Gasteiger partial charge is 0.264 e. The Morgan fingerprint density at radius 1 is 0.800 bits per heavy atom. The van der Waals surface area contributed by atoms with Gasteiger partial charge in [-0.1, -0.05) is 77.9 Å². The van der Waals surface area contributed by atoms with Gasteiger partial charge in [0.25, 0.3) is 10.0 Å². The summed E-state index contributed by atoms with van der Waals surface area (Å²) in [4.78, 5) is 29.7. The molecule has 7 nitrogen and oxygen atoms in total. The number of sulfonamides is 1. The molecule has 0 saturated carbocycles. The quantitative estimate of drug-likeness (QED) is 0.205. The summed E-state index contributed by atoms with van der Waals surface area (Å²) in [6, 6.07) is 25.7. The largest absolute Gasteiger partial charge is 0.352 e. The van der Waals surface area contributed by atoms with Crippen molar-refractivity contribution in [3.63, 3.8) is 0 Å². The monoisotopic (exact) mass is 629 g/mol. The van der Waals surface area contributed by atoms with Gasteiger partial charge in [-0.05, 0) is 81.6 Å². The topological polar surface area (TPSA) is 86.8 Å². The molecule has 0 aliphatic rings. The normalized spacial score (nSPS) is 12.1. The fourth-order valence-electron chi connectivity index (χ4n) is 5.16. The van der Waals surface area contributed by atoms with Gasteiger partial charge in [0.05, 0.1) is 10.6 Å². The average molecular weight is 630 g/mol. The third-order valence-corrected chi connectivity index (χ3v) is 9.25. The molecule has 4 rings (SSSR count). The second-order valence-corrected chi connectivity index (χ2v) is 13.5. The summed E-state index contributed by atoms with van der Waals surface area (Å²) < 4.78 is 43.4. The van der Waals surface area contributed by atoms with Gasteiger partial charge in [0.15, 0.2) is 0 Å². The molecular formula is C36H40FN3O4S. The number of carbonyl (C=O) groups is 2. The average Bonchev–Trinajstić information content (AvgIpc) is 2.99. The van der Waals surface area contributed by atoms with E-state index in [1.807, 2.05) is 64.1 Å². The Kier molecular flexibility index (Phi) is 10.8. The van der Waals surface area contributed by atoms with Gasteiger partial charge < -0.3 is 10.2 Å². The van der Waals surface area contributed by atoms with E-state index in [1.54, 1.807) is 43.3 Å². The summed E-state index contributed by atoms with van der Waals surface area (Å²) >= 11 is 0. The van der Waals surface area contributed by atoms with Crippen LogP contribution in [0.4, 0.5) is 10.1 Å². The summed E-state index contributed by atoms with van der Waals surface area (Å²) in [6.45, 7) is 8.65. The van der Waals surface area contributed by atoms with Crippen LogP contribution in [0.25, 0.3) is 0 Å². The van der Waals surface area contributed by atoms with Gasteiger partial charge >= 0.3 is 0 Å². The molecule has 2 amide bonds. The molecule has 0 heterocycles. The zero-order valence-electron chi connectivity index (χ0n) is 26.3. The number of benzene rings is 4. The minimum atomic E-state index is -4.20. The minimum Gasteiger partial charge on any atom is -0.352 e. The highest BCUT2D eigenvalue weighted by molar-refractivity contribution is 7.92. The summed E-state index contributed by atoms with van der Waals surface area (Å²) in [5, 5.41) is 2.93. The molecular weight excluding hydrogens is 589 g/mol. The lowest BCUT2D eigenvalue weighted by Crippen LogP contribution is -2.54. The van der Waals surface area contributed by atoms with Gasteiger partial charge in [-0.3, -0.25) is 13.9 Å². The van der Waals surface area contributed by atoms with Gasteiger partial charge in [0.1, 0.15) is 18.4 Å². The van der Waals surface area contributed by atoms with Crippen LogP contribution in [-0.2, 0) is 32.6 Å². The lowest BCUT2D eigenvalue weighted by Gasteiger charge is -2.34. The van der Waals surface area contributed by atoms with Gasteiger partial charge in [-0.25, -0.2) is 12.8 Å². The van der Waals surface area contributed by atoms with Crippen molar-refractivity contribution in [2.75, 3.05) is 10.8 Å². The Hall–Kier alpha value is -4.50. The molecule has 236 valence electrons. The number of anilines is 1. The van der Waals surface area contributed by atoms with Crippen LogP contribution in [0.1, 0.15) is 41.7 Å². The highest BCUT2D eigenvalue weighted by atomic mass is 32.2. The van der Waals surface area contributed by atoms with Crippen molar-refractivity contribution >= 4 is 27.5 Å². The van der Waals surface area contributed by atoms with Crippen molar-refractivity contribution in [1.29, 1.82) is 0 Å². The Morgan fingerprint density at radius 2 is 1.42 bits per heavy atom. The first-order chi connectivity index (χ1) is 21.3.